The first-order valence-electron chi connectivity index (χ1n) is 9.40. The Balaban J connectivity index is 1.61. The van der Waals surface area contributed by atoms with Gasteiger partial charge in [-0.05, 0) is 31.4 Å². The van der Waals surface area contributed by atoms with Gasteiger partial charge in [-0.15, -0.1) is 10.2 Å². The van der Waals surface area contributed by atoms with Crippen molar-refractivity contribution in [3.8, 4) is 11.4 Å². The van der Waals surface area contributed by atoms with Crippen LogP contribution in [0.2, 0.25) is 5.02 Å². The molecule has 1 fully saturated rings. The fourth-order valence-electron chi connectivity index (χ4n) is 3.49. The molecular formula is C19H22ClN5OS. The molecule has 2 aromatic heterocycles. The first kappa shape index (κ1) is 18.5. The maximum absolute atomic E-state index is 6.43. The van der Waals surface area contributed by atoms with Crippen LogP contribution >= 0.6 is 23.4 Å². The Bertz CT molecular complexity index is 903. The summed E-state index contributed by atoms with van der Waals surface area (Å²) >= 11 is 8.02. The molecule has 0 unspecified atom stereocenters. The molecule has 27 heavy (non-hydrogen) atoms. The quantitative estimate of drug-likeness (QED) is 0.496. The van der Waals surface area contributed by atoms with Gasteiger partial charge in [0.25, 0.3) is 0 Å². The van der Waals surface area contributed by atoms with Gasteiger partial charge in [0.15, 0.2) is 16.8 Å². The van der Waals surface area contributed by atoms with E-state index < -0.39 is 0 Å². The van der Waals surface area contributed by atoms with Crippen LogP contribution in [0.3, 0.4) is 0 Å². The van der Waals surface area contributed by atoms with Gasteiger partial charge in [-0.25, -0.2) is 0 Å². The summed E-state index contributed by atoms with van der Waals surface area (Å²) in [6.45, 7) is 2.10. The molecular weight excluding hydrogens is 382 g/mol. The third-order valence-electron chi connectivity index (χ3n) is 4.78. The first-order valence-corrected chi connectivity index (χ1v) is 10.8. The number of hydrogen-bond donors (Lipinski definition) is 0. The Morgan fingerprint density at radius 2 is 2.04 bits per heavy atom. The van der Waals surface area contributed by atoms with Gasteiger partial charge < -0.3 is 4.52 Å². The lowest BCUT2D eigenvalue weighted by Crippen LogP contribution is -2.08. The number of aromatic nitrogens is 5. The van der Waals surface area contributed by atoms with Crippen molar-refractivity contribution in [3.05, 3.63) is 41.0 Å². The highest BCUT2D eigenvalue weighted by Gasteiger charge is 2.26. The highest BCUT2D eigenvalue weighted by atomic mass is 35.5. The molecule has 0 spiro atoms. The van der Waals surface area contributed by atoms with Crippen LogP contribution in [0.4, 0.5) is 0 Å². The molecule has 0 bridgehead atoms. The molecule has 4 rings (SSSR count). The van der Waals surface area contributed by atoms with Crippen molar-refractivity contribution in [1.29, 1.82) is 0 Å². The van der Waals surface area contributed by atoms with Crippen LogP contribution in [0.15, 0.2) is 33.9 Å². The zero-order valence-electron chi connectivity index (χ0n) is 15.3. The molecule has 8 heteroatoms. The zero-order chi connectivity index (χ0) is 18.6. The summed E-state index contributed by atoms with van der Waals surface area (Å²) in [4.78, 5) is 4.44. The third-order valence-corrected chi connectivity index (χ3v) is 6.04. The molecule has 2 heterocycles. The van der Waals surface area contributed by atoms with Crippen molar-refractivity contribution in [2.45, 2.75) is 62.4 Å². The van der Waals surface area contributed by atoms with Crippen LogP contribution in [-0.2, 0) is 12.2 Å². The lowest BCUT2D eigenvalue weighted by Gasteiger charge is -2.17. The molecule has 1 aromatic carbocycles. The summed E-state index contributed by atoms with van der Waals surface area (Å²) in [7, 11) is 0. The summed E-state index contributed by atoms with van der Waals surface area (Å²) in [5.74, 6) is 2.82. The first-order chi connectivity index (χ1) is 13.3. The number of halogens is 1. The van der Waals surface area contributed by atoms with E-state index in [0.29, 0.717) is 22.7 Å². The van der Waals surface area contributed by atoms with Crippen LogP contribution in [-0.4, -0.2) is 24.9 Å². The summed E-state index contributed by atoms with van der Waals surface area (Å²) in [6.07, 6.45) is 6.60. The molecule has 1 saturated carbocycles. The van der Waals surface area contributed by atoms with E-state index in [2.05, 4.69) is 31.8 Å². The largest absolute Gasteiger partial charge is 0.338 e. The van der Waals surface area contributed by atoms with Crippen molar-refractivity contribution in [3.63, 3.8) is 0 Å². The standard InChI is InChI=1S/C19H22ClN5OS/c1-2-7-16-21-17(26-24-16)12-27-19-23-22-18(14-10-5-6-11-15(14)20)25(19)13-8-3-4-9-13/h5-6,10-11,13H,2-4,7-9,12H2,1H3. The van der Waals surface area contributed by atoms with Gasteiger partial charge in [0.2, 0.25) is 5.89 Å². The molecule has 0 aliphatic heterocycles. The van der Waals surface area contributed by atoms with Crippen molar-refractivity contribution < 1.29 is 4.52 Å². The molecule has 1 aliphatic rings. The van der Waals surface area contributed by atoms with E-state index in [1.165, 1.54) is 12.8 Å². The minimum Gasteiger partial charge on any atom is -0.338 e. The van der Waals surface area contributed by atoms with Crippen LogP contribution in [0.1, 0.15) is 56.8 Å². The predicted molar refractivity (Wildman–Crippen MR) is 106 cm³/mol. The van der Waals surface area contributed by atoms with Crippen molar-refractivity contribution >= 4 is 23.4 Å². The Kier molecular flexibility index (Phi) is 5.78. The monoisotopic (exact) mass is 403 g/mol. The van der Waals surface area contributed by atoms with Gasteiger partial charge in [0.05, 0.1) is 10.8 Å². The Morgan fingerprint density at radius 1 is 1.22 bits per heavy atom. The second-order valence-corrected chi connectivity index (χ2v) is 8.09. The van der Waals surface area contributed by atoms with E-state index in [1.54, 1.807) is 11.8 Å². The van der Waals surface area contributed by atoms with Gasteiger partial charge in [-0.2, -0.15) is 4.98 Å². The average molecular weight is 404 g/mol. The van der Waals surface area contributed by atoms with Crippen LogP contribution < -0.4 is 0 Å². The van der Waals surface area contributed by atoms with Crippen molar-refractivity contribution in [2.24, 2.45) is 0 Å². The van der Waals surface area contributed by atoms with Crippen LogP contribution in [0.25, 0.3) is 11.4 Å². The van der Waals surface area contributed by atoms with E-state index in [1.807, 2.05) is 24.3 Å². The van der Waals surface area contributed by atoms with Crippen LogP contribution in [0, 0.1) is 0 Å². The Morgan fingerprint density at radius 3 is 2.81 bits per heavy atom. The van der Waals surface area contributed by atoms with Gasteiger partial charge in [0, 0.05) is 18.0 Å². The molecule has 0 amide bonds. The number of thioether (sulfide) groups is 1. The number of nitrogens with zero attached hydrogens (tertiary/aromatic N) is 5. The lowest BCUT2D eigenvalue weighted by molar-refractivity contribution is 0.384. The van der Waals surface area contributed by atoms with E-state index in [9.17, 15) is 0 Å². The molecule has 0 atom stereocenters. The summed E-state index contributed by atoms with van der Waals surface area (Å²) in [5, 5.41) is 14.5. The third kappa shape index (κ3) is 4.04. The molecule has 0 saturated heterocycles. The minimum absolute atomic E-state index is 0.409. The van der Waals surface area contributed by atoms with Crippen LogP contribution in [0.5, 0.6) is 0 Å². The van der Waals surface area contributed by atoms with Gasteiger partial charge in [-0.1, -0.05) is 60.4 Å². The average Bonchev–Trinajstić information content (AvgIpc) is 3.41. The van der Waals surface area contributed by atoms with E-state index in [4.69, 9.17) is 16.1 Å². The van der Waals surface area contributed by atoms with Gasteiger partial charge >= 0.3 is 0 Å². The zero-order valence-corrected chi connectivity index (χ0v) is 16.8. The molecule has 6 nitrogen and oxygen atoms in total. The second-order valence-electron chi connectivity index (χ2n) is 6.74. The number of aryl methyl sites for hydroxylation is 1. The highest BCUT2D eigenvalue weighted by molar-refractivity contribution is 7.98. The normalized spacial score (nSPS) is 14.9. The predicted octanol–water partition coefficient (Wildman–Crippen LogP) is 5.34. The van der Waals surface area contributed by atoms with E-state index in [0.717, 1.165) is 48.1 Å². The number of rotatable bonds is 7. The smallest absolute Gasteiger partial charge is 0.237 e. The number of benzene rings is 1. The molecule has 1 aliphatic carbocycles. The molecule has 142 valence electrons. The fraction of sp³-hybridized carbons (Fsp3) is 0.474. The maximum Gasteiger partial charge on any atom is 0.237 e. The summed E-state index contributed by atoms with van der Waals surface area (Å²) in [6, 6.07) is 8.22. The maximum atomic E-state index is 6.43. The van der Waals surface area contributed by atoms with Gasteiger partial charge in [0.1, 0.15) is 0 Å². The molecule has 3 aromatic rings. The summed E-state index contributed by atoms with van der Waals surface area (Å²) < 4.78 is 7.61. The van der Waals surface area contributed by atoms with E-state index in [-0.39, 0.29) is 0 Å². The van der Waals surface area contributed by atoms with Crippen molar-refractivity contribution in [1.82, 2.24) is 24.9 Å². The Labute approximate surface area is 167 Å². The topological polar surface area (TPSA) is 69.6 Å². The fourth-order valence-corrected chi connectivity index (χ4v) is 4.56. The highest BCUT2D eigenvalue weighted by Crippen LogP contribution is 2.38. The van der Waals surface area contributed by atoms with Crippen molar-refractivity contribution in [2.75, 3.05) is 0 Å². The molecule has 0 radical (unpaired) electrons. The molecule has 0 N–H and O–H groups in total. The lowest BCUT2D eigenvalue weighted by atomic mass is 10.2. The Hall–Kier alpha value is -1.86. The minimum atomic E-state index is 0.409. The second kappa shape index (κ2) is 8.44. The van der Waals surface area contributed by atoms with Gasteiger partial charge in [-0.3, -0.25) is 4.57 Å². The SMILES string of the molecule is CCCc1noc(CSc2nnc(-c3ccccc3Cl)n2C2CCCC2)n1. The number of hydrogen-bond acceptors (Lipinski definition) is 6. The summed E-state index contributed by atoms with van der Waals surface area (Å²) in [5.41, 5.74) is 0.924. The van der Waals surface area contributed by atoms with E-state index >= 15 is 0 Å².